The summed E-state index contributed by atoms with van der Waals surface area (Å²) in [4.78, 5) is 16.5. The molecule has 0 N–H and O–H groups in total. The average molecular weight is 222 g/mol. The Morgan fingerprint density at radius 1 is 1.38 bits per heavy atom. The van der Waals surface area contributed by atoms with Gasteiger partial charge in [-0.15, -0.1) is 6.58 Å². The molecule has 0 aliphatic carbocycles. The third-order valence-electron chi connectivity index (χ3n) is 3.85. The molecule has 0 saturated carbocycles. The number of hydrogen-bond acceptors (Lipinski definition) is 2. The number of likely N-dealkylation sites (tertiary alicyclic amines) is 1. The Morgan fingerprint density at radius 3 is 2.81 bits per heavy atom. The molecule has 2 atom stereocenters. The van der Waals surface area contributed by atoms with Crippen molar-refractivity contribution in [2.24, 2.45) is 0 Å². The summed E-state index contributed by atoms with van der Waals surface area (Å²) in [6, 6.07) is 0.965. The second-order valence-corrected chi connectivity index (χ2v) is 4.88. The lowest BCUT2D eigenvalue weighted by Gasteiger charge is -2.28. The van der Waals surface area contributed by atoms with Crippen molar-refractivity contribution in [3.63, 3.8) is 0 Å². The minimum atomic E-state index is 0.341. The van der Waals surface area contributed by atoms with Gasteiger partial charge in [0.2, 0.25) is 5.91 Å². The van der Waals surface area contributed by atoms with E-state index in [-0.39, 0.29) is 0 Å². The molecule has 0 radical (unpaired) electrons. The molecule has 2 fully saturated rings. The van der Waals surface area contributed by atoms with Gasteiger partial charge in [0.1, 0.15) is 0 Å². The Kier molecular flexibility index (Phi) is 3.64. The molecular weight excluding hydrogens is 200 g/mol. The standard InChI is InChI=1S/C13H22N2O/c1-3-8-14-9-7-11-5-6-12(10-14)15(11)13(16)4-2/h3,11-12H,1,4-10H2,2H3. The number of carbonyl (C=O) groups excluding carboxylic acids is 1. The molecule has 2 saturated heterocycles. The smallest absolute Gasteiger partial charge is 0.222 e. The molecule has 16 heavy (non-hydrogen) atoms. The van der Waals surface area contributed by atoms with Crippen LogP contribution in [0.25, 0.3) is 0 Å². The third kappa shape index (κ3) is 2.14. The highest BCUT2D eigenvalue weighted by atomic mass is 16.2. The molecule has 2 unspecified atom stereocenters. The molecule has 90 valence electrons. The predicted molar refractivity (Wildman–Crippen MR) is 65.2 cm³/mol. The van der Waals surface area contributed by atoms with Crippen LogP contribution in [0.4, 0.5) is 0 Å². The van der Waals surface area contributed by atoms with Crippen LogP contribution < -0.4 is 0 Å². The maximum atomic E-state index is 11.9. The highest BCUT2D eigenvalue weighted by Gasteiger charge is 2.38. The number of nitrogens with zero attached hydrogens (tertiary/aromatic N) is 2. The fraction of sp³-hybridized carbons (Fsp3) is 0.769. The van der Waals surface area contributed by atoms with Crippen molar-refractivity contribution >= 4 is 5.91 Å². The summed E-state index contributed by atoms with van der Waals surface area (Å²) in [5.41, 5.74) is 0. The molecule has 2 aliphatic heterocycles. The van der Waals surface area contributed by atoms with E-state index in [4.69, 9.17) is 0 Å². The maximum Gasteiger partial charge on any atom is 0.222 e. The summed E-state index contributed by atoms with van der Waals surface area (Å²) in [5.74, 6) is 0.341. The van der Waals surface area contributed by atoms with E-state index in [1.165, 1.54) is 12.8 Å². The molecule has 2 heterocycles. The number of amides is 1. The molecule has 0 spiro atoms. The monoisotopic (exact) mass is 222 g/mol. The van der Waals surface area contributed by atoms with Gasteiger partial charge in [0.05, 0.1) is 0 Å². The van der Waals surface area contributed by atoms with Crippen molar-refractivity contribution in [3.8, 4) is 0 Å². The summed E-state index contributed by atoms with van der Waals surface area (Å²) in [6.45, 7) is 8.87. The van der Waals surface area contributed by atoms with Gasteiger partial charge in [-0.25, -0.2) is 0 Å². The summed E-state index contributed by atoms with van der Waals surface area (Å²) in [7, 11) is 0. The van der Waals surface area contributed by atoms with Gasteiger partial charge in [0.25, 0.3) is 0 Å². The minimum Gasteiger partial charge on any atom is -0.335 e. The summed E-state index contributed by atoms with van der Waals surface area (Å²) in [5, 5.41) is 0. The Morgan fingerprint density at radius 2 is 2.12 bits per heavy atom. The lowest BCUT2D eigenvalue weighted by molar-refractivity contribution is -0.133. The molecule has 0 aromatic carbocycles. The van der Waals surface area contributed by atoms with E-state index < -0.39 is 0 Å². The Balaban J connectivity index is 2.06. The quantitative estimate of drug-likeness (QED) is 0.678. The first-order valence-corrected chi connectivity index (χ1v) is 6.40. The molecular formula is C13H22N2O. The maximum absolute atomic E-state index is 11.9. The van der Waals surface area contributed by atoms with Crippen LogP contribution in [0.3, 0.4) is 0 Å². The van der Waals surface area contributed by atoms with Crippen molar-refractivity contribution in [2.45, 2.75) is 44.7 Å². The van der Waals surface area contributed by atoms with Gasteiger partial charge < -0.3 is 4.90 Å². The van der Waals surface area contributed by atoms with Gasteiger partial charge in [-0.2, -0.15) is 0 Å². The van der Waals surface area contributed by atoms with Gasteiger partial charge in [0.15, 0.2) is 0 Å². The van der Waals surface area contributed by atoms with Crippen LogP contribution in [-0.4, -0.2) is 47.4 Å². The zero-order chi connectivity index (χ0) is 11.5. The third-order valence-corrected chi connectivity index (χ3v) is 3.85. The lowest BCUT2D eigenvalue weighted by Crippen LogP contribution is -2.42. The van der Waals surface area contributed by atoms with Gasteiger partial charge in [0, 0.05) is 38.1 Å². The normalized spacial score (nSPS) is 30.2. The first-order valence-electron chi connectivity index (χ1n) is 6.40. The fourth-order valence-electron chi connectivity index (χ4n) is 3.08. The first-order chi connectivity index (χ1) is 7.76. The lowest BCUT2D eigenvalue weighted by atomic mass is 10.1. The van der Waals surface area contributed by atoms with Crippen LogP contribution in [0.2, 0.25) is 0 Å². The van der Waals surface area contributed by atoms with Crippen LogP contribution in [0.5, 0.6) is 0 Å². The van der Waals surface area contributed by atoms with E-state index in [9.17, 15) is 4.79 Å². The van der Waals surface area contributed by atoms with E-state index in [0.29, 0.717) is 24.4 Å². The van der Waals surface area contributed by atoms with E-state index in [1.54, 1.807) is 0 Å². The number of rotatable bonds is 3. The Labute approximate surface area is 98.1 Å². The van der Waals surface area contributed by atoms with Crippen LogP contribution in [-0.2, 0) is 4.79 Å². The highest BCUT2D eigenvalue weighted by Crippen LogP contribution is 2.30. The molecule has 3 nitrogen and oxygen atoms in total. The molecule has 3 heteroatoms. The van der Waals surface area contributed by atoms with Crippen molar-refractivity contribution in [1.82, 2.24) is 9.80 Å². The van der Waals surface area contributed by atoms with Crippen molar-refractivity contribution in [1.29, 1.82) is 0 Å². The van der Waals surface area contributed by atoms with Gasteiger partial charge in [-0.05, 0) is 19.3 Å². The zero-order valence-corrected chi connectivity index (χ0v) is 10.2. The van der Waals surface area contributed by atoms with E-state index >= 15 is 0 Å². The van der Waals surface area contributed by atoms with Gasteiger partial charge in [-0.1, -0.05) is 13.0 Å². The second kappa shape index (κ2) is 5.00. The van der Waals surface area contributed by atoms with E-state index in [0.717, 1.165) is 26.1 Å². The molecule has 2 rings (SSSR count). The summed E-state index contributed by atoms with van der Waals surface area (Å²) >= 11 is 0. The molecule has 0 aromatic rings. The molecule has 0 aromatic heterocycles. The van der Waals surface area contributed by atoms with Crippen LogP contribution in [0.1, 0.15) is 32.6 Å². The molecule has 1 amide bonds. The van der Waals surface area contributed by atoms with E-state index in [1.807, 2.05) is 13.0 Å². The SMILES string of the molecule is C=CCN1CCC2CCC(C1)N2C(=O)CC. The van der Waals surface area contributed by atoms with Crippen molar-refractivity contribution in [2.75, 3.05) is 19.6 Å². The zero-order valence-electron chi connectivity index (χ0n) is 10.2. The average Bonchev–Trinajstić information content (AvgIpc) is 2.57. The summed E-state index contributed by atoms with van der Waals surface area (Å²) < 4.78 is 0. The predicted octanol–water partition coefficient (Wildman–Crippen LogP) is 1.65. The number of carbonyl (C=O) groups is 1. The van der Waals surface area contributed by atoms with E-state index in [2.05, 4.69) is 16.4 Å². The number of fused-ring (bicyclic) bond motifs is 2. The Bertz CT molecular complexity index is 277. The highest BCUT2D eigenvalue weighted by molar-refractivity contribution is 5.77. The van der Waals surface area contributed by atoms with Crippen molar-refractivity contribution in [3.05, 3.63) is 12.7 Å². The van der Waals surface area contributed by atoms with Crippen LogP contribution in [0, 0.1) is 0 Å². The summed E-state index contributed by atoms with van der Waals surface area (Å²) in [6.07, 6.45) is 6.14. The molecule has 2 bridgehead atoms. The van der Waals surface area contributed by atoms with Crippen LogP contribution in [0.15, 0.2) is 12.7 Å². The minimum absolute atomic E-state index is 0.341. The van der Waals surface area contributed by atoms with Gasteiger partial charge in [-0.3, -0.25) is 9.69 Å². The van der Waals surface area contributed by atoms with Crippen molar-refractivity contribution < 1.29 is 4.79 Å². The largest absolute Gasteiger partial charge is 0.335 e. The van der Waals surface area contributed by atoms with Crippen LogP contribution >= 0.6 is 0 Å². The molecule has 2 aliphatic rings. The number of hydrogen-bond donors (Lipinski definition) is 0. The Hall–Kier alpha value is -0.830. The topological polar surface area (TPSA) is 23.6 Å². The second-order valence-electron chi connectivity index (χ2n) is 4.88. The first kappa shape index (κ1) is 11.6. The van der Waals surface area contributed by atoms with Gasteiger partial charge >= 0.3 is 0 Å². The fourth-order valence-corrected chi connectivity index (χ4v) is 3.08.